The molecule has 5 heterocycles. The van der Waals surface area contributed by atoms with Gasteiger partial charge >= 0.3 is 0 Å². The number of nitrogens with zero attached hydrogens (tertiary/aromatic N) is 6. The van der Waals surface area contributed by atoms with Gasteiger partial charge in [-0.3, -0.25) is 14.6 Å². The van der Waals surface area contributed by atoms with Crippen LogP contribution in [-0.2, 0) is 20.9 Å². The maximum Gasteiger partial charge on any atom is 0.240 e. The number of pyridine rings is 1. The molecule has 3 aliphatic heterocycles. The summed E-state index contributed by atoms with van der Waals surface area (Å²) >= 11 is 0. The van der Waals surface area contributed by atoms with Gasteiger partial charge in [-0.05, 0) is 75.1 Å². The number of anilines is 1. The first-order valence-electron chi connectivity index (χ1n) is 12.5. The molecule has 0 saturated carbocycles. The van der Waals surface area contributed by atoms with Crippen LogP contribution in [0.5, 0.6) is 0 Å². The number of carbonyl (C=O) groups is 2. The number of rotatable bonds is 4. The molecule has 9 heteroatoms. The molecular weight excluding hydrogens is 468 g/mol. The quantitative estimate of drug-likeness (QED) is 0.399. The zero-order chi connectivity index (χ0) is 25.5. The summed E-state index contributed by atoms with van der Waals surface area (Å²) in [6.07, 6.45) is 3.55. The molecular formula is C28H24N6O3. The standard InChI is InChI=1S/C28H24N6O3/c1-16-5-7-19-20(14-16)32-33(31-19)13-11-28-10-9-27(2,37-28)22-23(28)26(36)34(25(22)35)21-8-6-17(15-29)24-18(21)4-3-12-30-24/h3-8,12,14,22-23H,9-11,13H2,1-2H3. The summed E-state index contributed by atoms with van der Waals surface area (Å²) in [5, 5.41) is 19.3. The molecule has 9 nitrogen and oxygen atoms in total. The summed E-state index contributed by atoms with van der Waals surface area (Å²) < 4.78 is 6.59. The zero-order valence-electron chi connectivity index (χ0n) is 20.5. The summed E-state index contributed by atoms with van der Waals surface area (Å²) in [7, 11) is 0. The molecule has 4 atom stereocenters. The summed E-state index contributed by atoms with van der Waals surface area (Å²) in [5.41, 5.74) is 2.67. The Balaban J connectivity index is 1.25. The van der Waals surface area contributed by atoms with Gasteiger partial charge < -0.3 is 4.74 Å². The van der Waals surface area contributed by atoms with Crippen molar-refractivity contribution in [3.63, 3.8) is 0 Å². The van der Waals surface area contributed by atoms with Gasteiger partial charge in [-0.25, -0.2) is 4.90 Å². The van der Waals surface area contributed by atoms with E-state index in [0.717, 1.165) is 16.6 Å². The van der Waals surface area contributed by atoms with Crippen LogP contribution < -0.4 is 4.90 Å². The minimum Gasteiger partial charge on any atom is -0.367 e. The zero-order valence-corrected chi connectivity index (χ0v) is 20.5. The van der Waals surface area contributed by atoms with Crippen molar-refractivity contribution in [3.8, 4) is 6.07 Å². The van der Waals surface area contributed by atoms with Crippen molar-refractivity contribution in [2.75, 3.05) is 4.90 Å². The van der Waals surface area contributed by atoms with Gasteiger partial charge in [0.1, 0.15) is 17.1 Å². The fourth-order valence-electron chi connectivity index (χ4n) is 6.75. The van der Waals surface area contributed by atoms with Crippen molar-refractivity contribution < 1.29 is 14.3 Å². The number of amides is 2. The molecule has 3 aliphatic rings. The lowest BCUT2D eigenvalue weighted by Crippen LogP contribution is -2.43. The monoisotopic (exact) mass is 492 g/mol. The maximum atomic E-state index is 14.0. The number of aryl methyl sites for hydroxylation is 2. The van der Waals surface area contributed by atoms with E-state index in [2.05, 4.69) is 21.3 Å². The molecule has 2 amide bonds. The topological polar surface area (TPSA) is 114 Å². The third kappa shape index (κ3) is 2.96. The largest absolute Gasteiger partial charge is 0.367 e. The van der Waals surface area contributed by atoms with Crippen molar-refractivity contribution in [1.29, 1.82) is 5.26 Å². The second-order valence-corrected chi connectivity index (χ2v) is 10.6. The van der Waals surface area contributed by atoms with Gasteiger partial charge in [0.25, 0.3) is 0 Å². The van der Waals surface area contributed by atoms with Gasteiger partial charge in [-0.15, -0.1) is 0 Å². The fraction of sp³-hybridized carbons (Fsp3) is 0.357. The minimum atomic E-state index is -0.753. The lowest BCUT2D eigenvalue weighted by molar-refractivity contribution is -0.131. The Morgan fingerprint density at radius 3 is 2.73 bits per heavy atom. The van der Waals surface area contributed by atoms with E-state index < -0.39 is 23.0 Å². The Bertz CT molecular complexity index is 1690. The van der Waals surface area contributed by atoms with E-state index in [1.165, 1.54) is 4.90 Å². The minimum absolute atomic E-state index is 0.243. The van der Waals surface area contributed by atoms with E-state index in [4.69, 9.17) is 4.74 Å². The highest BCUT2D eigenvalue weighted by molar-refractivity contribution is 6.26. The molecule has 7 rings (SSSR count). The lowest BCUT2D eigenvalue weighted by atomic mass is 9.67. The molecule has 0 spiro atoms. The second-order valence-electron chi connectivity index (χ2n) is 10.6. The third-order valence-corrected chi connectivity index (χ3v) is 8.43. The van der Waals surface area contributed by atoms with Crippen molar-refractivity contribution in [2.45, 2.75) is 50.9 Å². The Hall–Kier alpha value is -4.16. The van der Waals surface area contributed by atoms with Crippen LogP contribution in [0.4, 0.5) is 5.69 Å². The predicted octanol–water partition coefficient (Wildman–Crippen LogP) is 3.68. The van der Waals surface area contributed by atoms with Gasteiger partial charge in [0.05, 0.1) is 46.4 Å². The molecule has 4 unspecified atom stereocenters. The Labute approximate surface area is 212 Å². The summed E-state index contributed by atoms with van der Waals surface area (Å²) in [6.45, 7) is 4.46. The van der Waals surface area contributed by atoms with Crippen LogP contribution in [0.3, 0.4) is 0 Å². The van der Waals surface area contributed by atoms with Gasteiger partial charge in [-0.1, -0.05) is 6.07 Å². The van der Waals surface area contributed by atoms with Crippen molar-refractivity contribution in [2.24, 2.45) is 11.8 Å². The Morgan fingerprint density at radius 2 is 1.89 bits per heavy atom. The van der Waals surface area contributed by atoms with Gasteiger partial charge in [-0.2, -0.15) is 20.3 Å². The number of nitriles is 1. The molecule has 3 fully saturated rings. The van der Waals surface area contributed by atoms with Gasteiger partial charge in [0, 0.05) is 11.6 Å². The summed E-state index contributed by atoms with van der Waals surface area (Å²) in [6, 6.07) is 15.0. The van der Waals surface area contributed by atoms with E-state index >= 15 is 0 Å². The highest BCUT2D eigenvalue weighted by Crippen LogP contribution is 2.62. The molecule has 184 valence electrons. The number of fused-ring (bicyclic) bond motifs is 7. The average Bonchev–Trinajstić information content (AvgIpc) is 3.60. The van der Waals surface area contributed by atoms with Crippen molar-refractivity contribution >= 4 is 39.4 Å². The van der Waals surface area contributed by atoms with E-state index in [-0.39, 0.29) is 11.8 Å². The van der Waals surface area contributed by atoms with Crippen LogP contribution in [0.2, 0.25) is 0 Å². The molecule has 2 aromatic heterocycles. The number of hydrogen-bond acceptors (Lipinski definition) is 7. The van der Waals surface area contributed by atoms with E-state index in [1.807, 2.05) is 32.0 Å². The lowest BCUT2D eigenvalue weighted by Gasteiger charge is -2.31. The number of benzene rings is 2. The smallest absolute Gasteiger partial charge is 0.240 e. The van der Waals surface area contributed by atoms with Crippen molar-refractivity contribution in [1.82, 2.24) is 20.0 Å². The molecule has 3 saturated heterocycles. The van der Waals surface area contributed by atoms with Crippen LogP contribution in [0, 0.1) is 30.1 Å². The number of imide groups is 1. The van der Waals surface area contributed by atoms with E-state index in [1.54, 1.807) is 35.3 Å². The Morgan fingerprint density at radius 1 is 1.08 bits per heavy atom. The van der Waals surface area contributed by atoms with E-state index in [0.29, 0.717) is 48.0 Å². The van der Waals surface area contributed by atoms with Crippen LogP contribution in [-0.4, -0.2) is 43.0 Å². The molecule has 4 aromatic rings. The fourth-order valence-corrected chi connectivity index (χ4v) is 6.75. The first kappa shape index (κ1) is 22.1. The van der Waals surface area contributed by atoms with Crippen LogP contribution in [0.25, 0.3) is 21.9 Å². The molecule has 2 bridgehead atoms. The van der Waals surface area contributed by atoms with Crippen molar-refractivity contribution in [3.05, 3.63) is 59.8 Å². The first-order valence-corrected chi connectivity index (χ1v) is 12.5. The molecule has 2 aromatic carbocycles. The predicted molar refractivity (Wildman–Crippen MR) is 134 cm³/mol. The summed E-state index contributed by atoms with van der Waals surface area (Å²) in [5.74, 6) is -1.62. The first-order chi connectivity index (χ1) is 17.8. The third-order valence-electron chi connectivity index (χ3n) is 8.43. The highest BCUT2D eigenvalue weighted by Gasteiger charge is 2.73. The molecule has 37 heavy (non-hydrogen) atoms. The molecule has 0 radical (unpaired) electrons. The normalized spacial score (nSPS) is 28.4. The van der Waals surface area contributed by atoms with Gasteiger partial charge in [0.15, 0.2) is 0 Å². The number of carbonyl (C=O) groups excluding carboxylic acids is 2. The van der Waals surface area contributed by atoms with E-state index in [9.17, 15) is 14.9 Å². The van der Waals surface area contributed by atoms with Crippen LogP contribution >= 0.6 is 0 Å². The second kappa shape index (κ2) is 7.43. The summed E-state index contributed by atoms with van der Waals surface area (Å²) in [4.78, 5) is 35.2. The Kier molecular flexibility index (Phi) is 4.43. The highest BCUT2D eigenvalue weighted by atomic mass is 16.5. The number of aromatic nitrogens is 4. The average molecular weight is 493 g/mol. The SMILES string of the molecule is Cc1ccc2nn(CCC34CCC(C)(O3)C3C(=O)N(c5ccc(C#N)c6ncccc56)C(=O)C34)nc2c1. The van der Waals surface area contributed by atoms with Gasteiger partial charge in [0.2, 0.25) is 11.8 Å². The van der Waals surface area contributed by atoms with Crippen LogP contribution in [0.15, 0.2) is 48.7 Å². The number of hydrogen-bond donors (Lipinski definition) is 0. The molecule has 0 aliphatic carbocycles. The van der Waals surface area contributed by atoms with Crippen LogP contribution in [0.1, 0.15) is 37.3 Å². The molecule has 0 N–H and O–H groups in total. The number of ether oxygens (including phenoxy) is 1. The maximum absolute atomic E-state index is 14.0.